The van der Waals surface area contributed by atoms with Crippen LogP contribution in [0.3, 0.4) is 0 Å². The van der Waals surface area contributed by atoms with E-state index in [9.17, 15) is 9.59 Å². The molecule has 0 saturated heterocycles. The van der Waals surface area contributed by atoms with Gasteiger partial charge in [-0.3, -0.25) is 9.59 Å². The predicted octanol–water partition coefficient (Wildman–Crippen LogP) is 27.9. The molecular formula is C96H142N4O8. The maximum atomic E-state index is 12.9. The van der Waals surface area contributed by atoms with Gasteiger partial charge in [0.25, 0.3) is 0 Å². The first-order valence-corrected chi connectivity index (χ1v) is 43.3. The number of fused-ring (bicyclic) bond motifs is 8. The fourth-order valence-corrected chi connectivity index (χ4v) is 15.0. The number of benzene rings is 2. The van der Waals surface area contributed by atoms with E-state index < -0.39 is 0 Å². The Morgan fingerprint density at radius 3 is 1.12 bits per heavy atom. The zero-order valence-electron chi connectivity index (χ0n) is 69.2. The van der Waals surface area contributed by atoms with E-state index in [1.165, 1.54) is 233 Å². The van der Waals surface area contributed by atoms with Crippen LogP contribution < -0.4 is 18.9 Å². The fourth-order valence-electron chi connectivity index (χ4n) is 15.0. The van der Waals surface area contributed by atoms with Gasteiger partial charge in [-0.1, -0.05) is 295 Å². The summed E-state index contributed by atoms with van der Waals surface area (Å²) in [5.74, 6) is 2.59. The van der Waals surface area contributed by atoms with Crippen molar-refractivity contribution in [1.29, 1.82) is 0 Å². The third-order valence-corrected chi connectivity index (χ3v) is 22.1. The van der Waals surface area contributed by atoms with Crippen LogP contribution in [0.2, 0.25) is 0 Å². The zero-order valence-corrected chi connectivity index (χ0v) is 69.2. The number of allylic oxidation sites excluding steroid dienone is 5. The van der Waals surface area contributed by atoms with Crippen molar-refractivity contribution in [3.63, 3.8) is 0 Å². The Bertz CT molecular complexity index is 3770. The average Bonchev–Trinajstić information content (AvgIpc) is 1.62. The first-order valence-electron chi connectivity index (χ1n) is 43.3. The van der Waals surface area contributed by atoms with Gasteiger partial charge in [0.15, 0.2) is 23.0 Å². The minimum Gasteiger partial charge on any atom is -0.490 e. The number of carbonyl (C=O) groups is 2. The molecule has 12 heteroatoms. The highest BCUT2D eigenvalue weighted by Gasteiger charge is 2.23. The lowest BCUT2D eigenvalue weighted by molar-refractivity contribution is -0.141. The van der Waals surface area contributed by atoms with E-state index >= 15 is 0 Å². The molecule has 0 radical (unpaired) electrons. The Morgan fingerprint density at radius 1 is 0.343 bits per heavy atom. The van der Waals surface area contributed by atoms with Crippen molar-refractivity contribution in [2.45, 2.75) is 338 Å². The zero-order chi connectivity index (χ0) is 76.8. The minimum absolute atomic E-state index is 0.195. The number of methoxy groups -OCH3 is 2. The molecule has 0 spiro atoms. The van der Waals surface area contributed by atoms with Crippen LogP contribution in [0.15, 0.2) is 66.7 Å². The molecule has 2 N–H and O–H groups in total. The van der Waals surface area contributed by atoms with Crippen molar-refractivity contribution in [2.75, 3.05) is 40.6 Å². The highest BCUT2D eigenvalue weighted by Crippen LogP contribution is 2.39. The van der Waals surface area contributed by atoms with Gasteiger partial charge in [0.05, 0.1) is 63.4 Å². The van der Waals surface area contributed by atoms with Crippen LogP contribution in [-0.2, 0) is 25.5 Å². The molecule has 2 aliphatic heterocycles. The second-order valence-electron chi connectivity index (χ2n) is 30.9. The number of aryl methyl sites for hydroxylation is 3. The normalized spacial score (nSPS) is 12.4. The van der Waals surface area contributed by atoms with Crippen molar-refractivity contribution >= 4 is 74.5 Å². The highest BCUT2D eigenvalue weighted by atomic mass is 16.5. The second-order valence-corrected chi connectivity index (χ2v) is 30.9. The van der Waals surface area contributed by atoms with Crippen molar-refractivity contribution in [3.8, 4) is 23.0 Å². The fraction of sp³-hybridized carbons (Fsp3) is 0.604. The molecule has 594 valence electrons. The number of esters is 2. The summed E-state index contributed by atoms with van der Waals surface area (Å²) in [6.45, 7) is 20.3. The van der Waals surface area contributed by atoms with E-state index in [1.807, 2.05) is 0 Å². The molecule has 0 saturated carbocycles. The monoisotopic (exact) mass is 1480 g/mol. The van der Waals surface area contributed by atoms with E-state index in [4.69, 9.17) is 38.4 Å². The van der Waals surface area contributed by atoms with Crippen molar-refractivity contribution in [1.82, 2.24) is 19.9 Å². The largest absolute Gasteiger partial charge is 0.490 e. The van der Waals surface area contributed by atoms with Crippen molar-refractivity contribution in [3.05, 3.63) is 123 Å². The number of unbranched alkanes of at least 4 members (excludes halogenated alkanes) is 36. The van der Waals surface area contributed by atoms with Crippen LogP contribution >= 0.6 is 0 Å². The van der Waals surface area contributed by atoms with Crippen LogP contribution in [-0.4, -0.2) is 72.5 Å². The van der Waals surface area contributed by atoms with Gasteiger partial charge in [0.2, 0.25) is 0 Å². The minimum atomic E-state index is -0.288. The smallest absolute Gasteiger partial charge is 0.305 e. The molecule has 3 aromatic heterocycles. The van der Waals surface area contributed by atoms with Crippen molar-refractivity contribution < 1.29 is 38.0 Å². The molecule has 0 fully saturated rings. The summed E-state index contributed by atoms with van der Waals surface area (Å²) < 4.78 is 36.9. The number of nitrogens with zero attached hydrogens (tertiary/aromatic N) is 2. The second kappa shape index (κ2) is 51.9. The van der Waals surface area contributed by atoms with Crippen LogP contribution in [0.5, 0.6) is 23.0 Å². The van der Waals surface area contributed by atoms with Gasteiger partial charge in [-0.2, -0.15) is 0 Å². The number of nitrogens with one attached hydrogen (secondary N) is 2. The molecule has 2 aromatic carbocycles. The number of hydrogen-bond acceptors (Lipinski definition) is 10. The summed E-state index contributed by atoms with van der Waals surface area (Å²) in [6.07, 6.45) is 60.9. The molecule has 8 bridgehead atoms. The predicted molar refractivity (Wildman–Crippen MR) is 457 cm³/mol. The lowest BCUT2D eigenvalue weighted by Gasteiger charge is -2.14. The highest BCUT2D eigenvalue weighted by molar-refractivity contribution is 6.00. The van der Waals surface area contributed by atoms with Crippen LogP contribution in [0.1, 0.15) is 374 Å². The molecule has 0 atom stereocenters. The summed E-state index contributed by atoms with van der Waals surface area (Å²) >= 11 is 0. The van der Waals surface area contributed by atoms with Crippen LogP contribution in [0.25, 0.3) is 62.6 Å². The Labute approximate surface area is 653 Å². The SMILES string of the molecule is CCCCCCCCCCCCOc1ccc(/C=C/C2=C(C)c3cc4[nH]c(cc5nc(cc6[nH]c(cc2n3)c(C)c6CCC(=O)OC)C(CCC(=O)OC)=C5C)c(C)c4/C=C/c2ccc(OCCCCCCCCCCCC)c(OCCCCCCCCCCCC)c2)cc1OCCCCCCCCCCCC. The van der Waals surface area contributed by atoms with Gasteiger partial charge >= 0.3 is 11.9 Å². The van der Waals surface area contributed by atoms with Crippen molar-refractivity contribution in [2.24, 2.45) is 0 Å². The van der Waals surface area contributed by atoms with E-state index in [0.717, 1.165) is 162 Å². The Balaban J connectivity index is 1.27. The first-order chi connectivity index (χ1) is 52.9. The molecule has 5 heterocycles. The van der Waals surface area contributed by atoms with E-state index in [1.54, 1.807) is 0 Å². The number of H-pyrrole nitrogens is 2. The van der Waals surface area contributed by atoms with E-state index in [-0.39, 0.29) is 24.8 Å². The molecule has 0 amide bonds. The van der Waals surface area contributed by atoms with E-state index in [2.05, 4.69) is 150 Å². The van der Waals surface area contributed by atoms with Gasteiger partial charge in [0, 0.05) is 46.0 Å². The number of hydrogen-bond donors (Lipinski definition) is 2. The quantitative estimate of drug-likeness (QED) is 0.0285. The molecule has 12 nitrogen and oxygen atoms in total. The van der Waals surface area contributed by atoms with E-state index in [0.29, 0.717) is 39.3 Å². The third kappa shape index (κ3) is 30.8. The average molecular weight is 1480 g/mol. The molecule has 0 unspecified atom stereocenters. The summed E-state index contributed by atoms with van der Waals surface area (Å²) in [5, 5.41) is 0. The van der Waals surface area contributed by atoms with Crippen LogP contribution in [0.4, 0.5) is 0 Å². The summed E-state index contributed by atoms with van der Waals surface area (Å²) in [4.78, 5) is 44.4. The summed E-state index contributed by atoms with van der Waals surface area (Å²) in [6, 6.07) is 21.3. The van der Waals surface area contributed by atoms with Crippen LogP contribution in [0, 0.1) is 13.8 Å². The van der Waals surface area contributed by atoms with Gasteiger partial charge in [-0.15, -0.1) is 0 Å². The lowest BCUT2D eigenvalue weighted by Crippen LogP contribution is -2.03. The topological polar surface area (TPSA) is 147 Å². The maximum Gasteiger partial charge on any atom is 0.305 e. The van der Waals surface area contributed by atoms with Gasteiger partial charge < -0.3 is 38.4 Å². The molecule has 5 aromatic rings. The number of aromatic nitrogens is 4. The Morgan fingerprint density at radius 2 is 0.685 bits per heavy atom. The van der Waals surface area contributed by atoms with Gasteiger partial charge in [-0.05, 0) is 159 Å². The third-order valence-electron chi connectivity index (χ3n) is 22.1. The molecule has 2 aliphatic rings. The van der Waals surface area contributed by atoms with Gasteiger partial charge in [0.1, 0.15) is 0 Å². The maximum absolute atomic E-state index is 12.9. The molecule has 108 heavy (non-hydrogen) atoms. The number of carbonyl (C=O) groups excluding carboxylic acids is 2. The Hall–Kier alpha value is -7.34. The summed E-state index contributed by atoms with van der Waals surface area (Å²) in [5.41, 5.74) is 16.7. The molecular weight excluding hydrogens is 1340 g/mol. The lowest BCUT2D eigenvalue weighted by atomic mass is 10.00. The number of rotatable bonds is 58. The number of aromatic amines is 2. The standard InChI is InChI=1S/C96H142N4O8/c1-11-15-19-23-27-31-35-39-43-47-63-105-91-59-53-77(67-93(91)107-65-49-45-41-37-33-29-25-21-17-13-3)51-55-79-73(5)83-69-84-75(7)81(57-61-95(101)103-9)89(98-84)72-90-82(58-62-96(102)104-10)76(8)86(100-90)71-88-80(74(6)85(99-88)70-87(79)97-83)56-52-78-54-60-92(106-64-48-44-40-36-32-28-24-20-16-12-2)94(68-78)108-66-50-46-42-38-34-30-26-22-18-14-4/h51-56,59-60,67-72,97,100H,11-50,57-58,61-66H2,1-10H3/b55-51+,56-52+,83-69?,84-69?,85-70?,86-71?,87-70?,88-71?,89-72?,90-72?. The molecule has 7 rings (SSSR count). The summed E-state index contributed by atoms with van der Waals surface area (Å²) in [7, 11) is 2.87. The first kappa shape index (κ1) is 87.9. The Kier molecular flexibility index (Phi) is 42.3. The van der Waals surface area contributed by atoms with Gasteiger partial charge in [-0.25, -0.2) is 9.97 Å². The number of ether oxygens (including phenoxy) is 6. The molecule has 0 aliphatic carbocycles.